The number of aromatic nitrogens is 4. The van der Waals surface area contributed by atoms with E-state index in [2.05, 4.69) is 16.5 Å². The summed E-state index contributed by atoms with van der Waals surface area (Å²) in [6.07, 6.45) is 0.829. The van der Waals surface area contributed by atoms with Gasteiger partial charge in [0.2, 0.25) is 5.91 Å². The molecule has 0 radical (unpaired) electrons. The van der Waals surface area contributed by atoms with Crippen molar-refractivity contribution in [3.63, 3.8) is 0 Å². The van der Waals surface area contributed by atoms with E-state index in [0.717, 1.165) is 4.57 Å². The van der Waals surface area contributed by atoms with Crippen LogP contribution in [0.1, 0.15) is 24.6 Å². The molecular formula is C25H24FN7O3. The van der Waals surface area contributed by atoms with Crippen molar-refractivity contribution >= 4 is 22.6 Å². The molecule has 0 aliphatic carbocycles. The standard InChI is InChI=1S/C25H24FN7O3/c1-2-31-24(35)18-6-3-4-8-21(18)32(25(31)36)15-22(34)29-13-5-7-20-19(14-27)23(28)33(30-20)17-11-9-16(26)10-12-17/h3-4,6,8-12H,2,5,7,13,15,28H2,1H3,(H,29,34). The third-order valence-corrected chi connectivity index (χ3v) is 5.84. The van der Waals surface area contributed by atoms with Gasteiger partial charge in [-0.2, -0.15) is 10.4 Å². The summed E-state index contributed by atoms with van der Waals surface area (Å²) < 4.78 is 17.0. The number of hydrogen-bond donors (Lipinski definition) is 2. The Kier molecular flexibility index (Phi) is 6.96. The zero-order valence-electron chi connectivity index (χ0n) is 19.6. The SMILES string of the molecule is CCn1c(=O)c2ccccc2n(CC(=O)NCCCc2nn(-c3ccc(F)cc3)c(N)c2C#N)c1=O. The van der Waals surface area contributed by atoms with Crippen molar-refractivity contribution in [3.8, 4) is 11.8 Å². The van der Waals surface area contributed by atoms with Crippen molar-refractivity contribution in [2.24, 2.45) is 0 Å². The zero-order valence-corrected chi connectivity index (χ0v) is 19.6. The normalized spacial score (nSPS) is 10.9. The minimum absolute atomic E-state index is 0.153. The molecule has 2 aromatic heterocycles. The van der Waals surface area contributed by atoms with Gasteiger partial charge in [-0.1, -0.05) is 12.1 Å². The van der Waals surface area contributed by atoms with Gasteiger partial charge in [0.05, 0.1) is 22.3 Å². The van der Waals surface area contributed by atoms with E-state index in [4.69, 9.17) is 5.73 Å². The molecule has 3 N–H and O–H groups in total. The van der Waals surface area contributed by atoms with Crippen molar-refractivity contribution < 1.29 is 9.18 Å². The number of amides is 1. The highest BCUT2D eigenvalue weighted by Gasteiger charge is 2.17. The quantitative estimate of drug-likeness (QED) is 0.361. The van der Waals surface area contributed by atoms with Crippen molar-refractivity contribution in [3.05, 3.63) is 86.4 Å². The van der Waals surface area contributed by atoms with E-state index in [1.165, 1.54) is 33.5 Å². The first-order chi connectivity index (χ1) is 17.3. The Bertz CT molecular complexity index is 1590. The number of fused-ring (bicyclic) bond motifs is 1. The van der Waals surface area contributed by atoms with Gasteiger partial charge in [-0.25, -0.2) is 13.9 Å². The number of nitriles is 1. The van der Waals surface area contributed by atoms with Gasteiger partial charge in [0.25, 0.3) is 5.56 Å². The number of benzene rings is 2. The van der Waals surface area contributed by atoms with Gasteiger partial charge in [0.15, 0.2) is 0 Å². The van der Waals surface area contributed by atoms with E-state index in [1.807, 2.05) is 0 Å². The zero-order chi connectivity index (χ0) is 25.8. The molecule has 4 aromatic rings. The maximum absolute atomic E-state index is 13.2. The lowest BCUT2D eigenvalue weighted by Crippen LogP contribution is -2.42. The van der Waals surface area contributed by atoms with Crippen LogP contribution in [-0.4, -0.2) is 31.4 Å². The maximum Gasteiger partial charge on any atom is 0.331 e. The number of para-hydroxylation sites is 1. The molecule has 0 saturated carbocycles. The van der Waals surface area contributed by atoms with Crippen LogP contribution >= 0.6 is 0 Å². The summed E-state index contributed by atoms with van der Waals surface area (Å²) >= 11 is 0. The second-order valence-electron chi connectivity index (χ2n) is 8.10. The highest BCUT2D eigenvalue weighted by atomic mass is 19.1. The molecule has 0 bridgehead atoms. The fourth-order valence-corrected chi connectivity index (χ4v) is 4.04. The Hall–Kier alpha value is -4.72. The highest BCUT2D eigenvalue weighted by molar-refractivity contribution is 5.81. The first kappa shape index (κ1) is 24.4. The maximum atomic E-state index is 13.2. The third-order valence-electron chi connectivity index (χ3n) is 5.84. The van der Waals surface area contributed by atoms with Gasteiger partial charge in [-0.3, -0.25) is 18.7 Å². The first-order valence-corrected chi connectivity index (χ1v) is 11.4. The van der Waals surface area contributed by atoms with Crippen LogP contribution in [0.2, 0.25) is 0 Å². The number of nitrogens with one attached hydrogen (secondary N) is 1. The van der Waals surface area contributed by atoms with E-state index < -0.39 is 11.5 Å². The second-order valence-corrected chi connectivity index (χ2v) is 8.10. The molecule has 0 aliphatic heterocycles. The number of nitrogen functional groups attached to an aromatic ring is 1. The summed E-state index contributed by atoms with van der Waals surface area (Å²) in [5, 5.41) is 17.0. The number of carbonyl (C=O) groups is 1. The lowest BCUT2D eigenvalue weighted by atomic mass is 10.1. The van der Waals surface area contributed by atoms with Crippen LogP contribution in [0.15, 0.2) is 58.1 Å². The van der Waals surface area contributed by atoms with Crippen molar-refractivity contribution in [2.45, 2.75) is 32.9 Å². The summed E-state index contributed by atoms with van der Waals surface area (Å²) in [6.45, 7) is 1.92. The van der Waals surface area contributed by atoms with Gasteiger partial charge in [-0.15, -0.1) is 0 Å². The number of carbonyl (C=O) groups excluding carboxylic acids is 1. The van der Waals surface area contributed by atoms with E-state index >= 15 is 0 Å². The van der Waals surface area contributed by atoms with E-state index in [-0.39, 0.29) is 42.5 Å². The Morgan fingerprint density at radius 1 is 1.14 bits per heavy atom. The van der Waals surface area contributed by atoms with Crippen LogP contribution in [0.4, 0.5) is 10.2 Å². The predicted octanol–water partition coefficient (Wildman–Crippen LogP) is 1.71. The number of anilines is 1. The van der Waals surface area contributed by atoms with Gasteiger partial charge in [0.1, 0.15) is 29.8 Å². The van der Waals surface area contributed by atoms with Crippen LogP contribution in [0.5, 0.6) is 0 Å². The van der Waals surface area contributed by atoms with Crippen LogP contribution in [0.3, 0.4) is 0 Å². The summed E-state index contributed by atoms with van der Waals surface area (Å²) in [6, 6.07) is 14.3. The highest BCUT2D eigenvalue weighted by Crippen LogP contribution is 2.21. The molecule has 0 atom stereocenters. The molecule has 0 saturated heterocycles. The minimum atomic E-state index is -0.545. The molecule has 2 aromatic carbocycles. The molecule has 0 aliphatic rings. The molecule has 11 heteroatoms. The number of halogens is 1. The molecular weight excluding hydrogens is 465 g/mol. The summed E-state index contributed by atoms with van der Waals surface area (Å²) in [5.41, 5.74) is 6.75. The van der Waals surface area contributed by atoms with Crippen molar-refractivity contribution in [1.82, 2.24) is 24.2 Å². The first-order valence-electron chi connectivity index (χ1n) is 11.4. The number of hydrogen-bond acceptors (Lipinski definition) is 6. The van der Waals surface area contributed by atoms with Crippen molar-refractivity contribution in [2.75, 3.05) is 12.3 Å². The van der Waals surface area contributed by atoms with Gasteiger partial charge >= 0.3 is 5.69 Å². The molecule has 0 spiro atoms. The van der Waals surface area contributed by atoms with E-state index in [1.54, 1.807) is 31.2 Å². The Morgan fingerprint density at radius 2 is 1.86 bits per heavy atom. The van der Waals surface area contributed by atoms with Gasteiger partial charge < -0.3 is 11.1 Å². The average Bonchev–Trinajstić information content (AvgIpc) is 3.20. The summed E-state index contributed by atoms with van der Waals surface area (Å²) in [5.74, 6) is -0.634. The van der Waals surface area contributed by atoms with Crippen LogP contribution in [0, 0.1) is 17.1 Å². The number of rotatable bonds is 8. The lowest BCUT2D eigenvalue weighted by molar-refractivity contribution is -0.121. The molecule has 36 heavy (non-hydrogen) atoms. The number of aryl methyl sites for hydroxylation is 1. The lowest BCUT2D eigenvalue weighted by Gasteiger charge is -2.13. The number of nitrogens with zero attached hydrogens (tertiary/aromatic N) is 5. The summed E-state index contributed by atoms with van der Waals surface area (Å²) in [7, 11) is 0. The fraction of sp³-hybridized carbons (Fsp3) is 0.240. The van der Waals surface area contributed by atoms with Gasteiger partial charge in [-0.05, 0) is 56.2 Å². The predicted molar refractivity (Wildman–Crippen MR) is 132 cm³/mol. The Balaban J connectivity index is 1.44. The van der Waals surface area contributed by atoms with Crippen LogP contribution < -0.4 is 22.3 Å². The van der Waals surface area contributed by atoms with Crippen molar-refractivity contribution in [1.29, 1.82) is 5.26 Å². The fourth-order valence-electron chi connectivity index (χ4n) is 4.04. The Labute approximate surface area is 205 Å². The topological polar surface area (TPSA) is 141 Å². The van der Waals surface area contributed by atoms with E-state index in [9.17, 15) is 24.0 Å². The monoisotopic (exact) mass is 489 g/mol. The minimum Gasteiger partial charge on any atom is -0.382 e. The smallest absolute Gasteiger partial charge is 0.331 e. The van der Waals surface area contributed by atoms with Gasteiger partial charge in [0, 0.05) is 13.1 Å². The molecule has 0 unspecified atom stereocenters. The molecule has 4 rings (SSSR count). The molecule has 184 valence electrons. The Morgan fingerprint density at radius 3 is 2.56 bits per heavy atom. The summed E-state index contributed by atoms with van der Waals surface area (Å²) in [4.78, 5) is 38.0. The molecule has 2 heterocycles. The van der Waals surface area contributed by atoms with E-state index in [0.29, 0.717) is 35.1 Å². The van der Waals surface area contributed by atoms with Crippen LogP contribution in [0.25, 0.3) is 16.6 Å². The molecule has 0 fully saturated rings. The largest absolute Gasteiger partial charge is 0.382 e. The molecule has 1 amide bonds. The van der Waals surface area contributed by atoms with Crippen LogP contribution in [-0.2, 0) is 24.3 Å². The second kappa shape index (κ2) is 10.3. The molecule has 10 nitrogen and oxygen atoms in total. The third kappa shape index (κ3) is 4.61. The average molecular weight is 490 g/mol. The number of nitrogens with two attached hydrogens (primary N) is 1.